The first kappa shape index (κ1) is 20.0. The van der Waals surface area contributed by atoms with Crippen LogP contribution in [0.4, 0.5) is 4.79 Å². The Kier molecular flexibility index (Phi) is 7.26. The SMILES string of the molecule is COC(=O)C[C@@H](C(C)C)N(Cc1ccccc1)C(=O)OC(C)(C)C. The average molecular weight is 335 g/mol. The van der Waals surface area contributed by atoms with Crippen LogP contribution >= 0.6 is 0 Å². The van der Waals surface area contributed by atoms with E-state index in [2.05, 4.69) is 0 Å². The highest BCUT2D eigenvalue weighted by molar-refractivity contribution is 5.73. The maximum atomic E-state index is 12.7. The van der Waals surface area contributed by atoms with Crippen molar-refractivity contribution in [3.63, 3.8) is 0 Å². The average Bonchev–Trinajstić information content (AvgIpc) is 2.49. The van der Waals surface area contributed by atoms with Crippen LogP contribution in [0.25, 0.3) is 0 Å². The van der Waals surface area contributed by atoms with E-state index < -0.39 is 11.7 Å². The molecule has 0 spiro atoms. The minimum absolute atomic E-state index is 0.0836. The summed E-state index contributed by atoms with van der Waals surface area (Å²) in [6, 6.07) is 9.38. The molecular weight excluding hydrogens is 306 g/mol. The summed E-state index contributed by atoms with van der Waals surface area (Å²) in [6.45, 7) is 9.84. The molecule has 0 fully saturated rings. The van der Waals surface area contributed by atoms with Gasteiger partial charge in [-0.1, -0.05) is 44.2 Å². The molecule has 24 heavy (non-hydrogen) atoms. The van der Waals surface area contributed by atoms with Crippen LogP contribution in [-0.4, -0.2) is 35.7 Å². The van der Waals surface area contributed by atoms with E-state index in [0.717, 1.165) is 5.56 Å². The summed E-state index contributed by atoms with van der Waals surface area (Å²) in [5.41, 5.74) is 0.387. The molecule has 134 valence electrons. The third kappa shape index (κ3) is 6.60. The molecule has 1 amide bonds. The van der Waals surface area contributed by atoms with Gasteiger partial charge in [-0.3, -0.25) is 4.79 Å². The largest absolute Gasteiger partial charge is 0.469 e. The molecule has 0 saturated carbocycles. The first-order valence-electron chi connectivity index (χ1n) is 8.24. The minimum atomic E-state index is -0.598. The van der Waals surface area contributed by atoms with Crippen molar-refractivity contribution in [2.45, 2.75) is 59.2 Å². The molecule has 0 bridgehead atoms. The molecule has 0 aliphatic heterocycles. The van der Waals surface area contributed by atoms with Crippen molar-refractivity contribution in [2.75, 3.05) is 7.11 Å². The first-order valence-corrected chi connectivity index (χ1v) is 8.24. The molecule has 0 saturated heterocycles. The van der Waals surface area contributed by atoms with E-state index in [1.54, 1.807) is 4.90 Å². The zero-order valence-corrected chi connectivity index (χ0v) is 15.5. The van der Waals surface area contributed by atoms with Crippen molar-refractivity contribution in [1.82, 2.24) is 4.90 Å². The van der Waals surface area contributed by atoms with Crippen molar-refractivity contribution >= 4 is 12.1 Å². The third-order valence-electron chi connectivity index (χ3n) is 3.60. The van der Waals surface area contributed by atoms with E-state index in [-0.39, 0.29) is 24.3 Å². The van der Waals surface area contributed by atoms with Gasteiger partial charge in [0, 0.05) is 12.6 Å². The lowest BCUT2D eigenvalue weighted by molar-refractivity contribution is -0.142. The molecule has 0 radical (unpaired) electrons. The predicted molar refractivity (Wildman–Crippen MR) is 93.5 cm³/mol. The number of carbonyl (C=O) groups excluding carboxylic acids is 2. The van der Waals surface area contributed by atoms with Crippen LogP contribution in [0, 0.1) is 5.92 Å². The van der Waals surface area contributed by atoms with Crippen molar-refractivity contribution in [1.29, 1.82) is 0 Å². The molecule has 1 aromatic carbocycles. The zero-order chi connectivity index (χ0) is 18.3. The molecule has 0 heterocycles. The number of methoxy groups -OCH3 is 1. The lowest BCUT2D eigenvalue weighted by atomic mass is 9.98. The quantitative estimate of drug-likeness (QED) is 0.737. The van der Waals surface area contributed by atoms with E-state index >= 15 is 0 Å². The number of ether oxygens (including phenoxy) is 2. The summed E-state index contributed by atoms with van der Waals surface area (Å²) >= 11 is 0. The maximum Gasteiger partial charge on any atom is 0.410 e. The van der Waals surface area contributed by atoms with Crippen LogP contribution in [-0.2, 0) is 20.8 Å². The number of amides is 1. The zero-order valence-electron chi connectivity index (χ0n) is 15.5. The smallest absolute Gasteiger partial charge is 0.410 e. The van der Waals surface area contributed by atoms with Gasteiger partial charge in [0.15, 0.2) is 0 Å². The second-order valence-corrected chi connectivity index (χ2v) is 7.19. The second-order valence-electron chi connectivity index (χ2n) is 7.19. The fraction of sp³-hybridized carbons (Fsp3) is 0.579. The van der Waals surface area contributed by atoms with Gasteiger partial charge in [-0.15, -0.1) is 0 Å². The Balaban J connectivity index is 3.08. The molecule has 1 rings (SSSR count). The summed E-state index contributed by atoms with van der Waals surface area (Å²) in [4.78, 5) is 26.1. The van der Waals surface area contributed by atoms with E-state index in [1.807, 2.05) is 65.0 Å². The fourth-order valence-corrected chi connectivity index (χ4v) is 2.38. The standard InChI is InChI=1S/C19H29NO4/c1-14(2)16(12-17(21)23-6)20(18(22)24-19(3,4)5)13-15-10-8-7-9-11-15/h7-11,14,16H,12-13H2,1-6H3/t16-/m0/s1. The van der Waals surface area contributed by atoms with Gasteiger partial charge in [0.1, 0.15) is 5.60 Å². The number of carbonyl (C=O) groups is 2. The maximum absolute atomic E-state index is 12.7. The molecule has 5 heteroatoms. The number of hydrogen-bond acceptors (Lipinski definition) is 4. The fourth-order valence-electron chi connectivity index (χ4n) is 2.38. The molecule has 0 N–H and O–H groups in total. The lowest BCUT2D eigenvalue weighted by Crippen LogP contribution is -2.46. The highest BCUT2D eigenvalue weighted by Gasteiger charge is 2.32. The highest BCUT2D eigenvalue weighted by Crippen LogP contribution is 2.22. The molecule has 0 aliphatic carbocycles. The summed E-state index contributed by atoms with van der Waals surface area (Å²) in [5, 5.41) is 0. The second kappa shape index (κ2) is 8.71. The van der Waals surface area contributed by atoms with Gasteiger partial charge in [-0.25, -0.2) is 4.79 Å². The number of nitrogens with zero attached hydrogens (tertiary/aromatic N) is 1. The van der Waals surface area contributed by atoms with Gasteiger partial charge in [0.2, 0.25) is 0 Å². The van der Waals surface area contributed by atoms with Crippen LogP contribution < -0.4 is 0 Å². The Morgan fingerprint density at radius 2 is 1.71 bits per heavy atom. The van der Waals surface area contributed by atoms with Crippen molar-refractivity contribution in [2.24, 2.45) is 5.92 Å². The molecule has 1 aromatic rings. The van der Waals surface area contributed by atoms with Crippen molar-refractivity contribution < 1.29 is 19.1 Å². The Morgan fingerprint density at radius 1 is 1.12 bits per heavy atom. The Morgan fingerprint density at radius 3 is 2.17 bits per heavy atom. The Hall–Kier alpha value is -2.04. The molecule has 0 aromatic heterocycles. The topological polar surface area (TPSA) is 55.8 Å². The number of esters is 1. The van der Waals surface area contributed by atoms with Gasteiger partial charge >= 0.3 is 12.1 Å². The van der Waals surface area contributed by atoms with Crippen LogP contribution in [0.15, 0.2) is 30.3 Å². The first-order chi connectivity index (χ1) is 11.1. The van der Waals surface area contributed by atoms with Crippen LogP contribution in [0.2, 0.25) is 0 Å². The van der Waals surface area contributed by atoms with Gasteiger partial charge in [0.05, 0.1) is 13.5 Å². The normalized spacial score (nSPS) is 12.6. The van der Waals surface area contributed by atoms with Crippen LogP contribution in [0.1, 0.15) is 46.6 Å². The van der Waals surface area contributed by atoms with Crippen LogP contribution in [0.3, 0.4) is 0 Å². The third-order valence-corrected chi connectivity index (χ3v) is 3.60. The van der Waals surface area contributed by atoms with Gasteiger partial charge in [-0.05, 0) is 32.3 Å². The van der Waals surface area contributed by atoms with Crippen molar-refractivity contribution in [3.05, 3.63) is 35.9 Å². The number of benzene rings is 1. The van der Waals surface area contributed by atoms with Crippen molar-refractivity contribution in [3.8, 4) is 0 Å². The molecular formula is C19H29NO4. The Labute approximate surface area is 144 Å². The summed E-state index contributed by atoms with van der Waals surface area (Å²) < 4.78 is 10.3. The van der Waals surface area contributed by atoms with E-state index in [0.29, 0.717) is 6.54 Å². The predicted octanol–water partition coefficient (Wildman–Crippen LogP) is 4.01. The lowest BCUT2D eigenvalue weighted by Gasteiger charge is -2.35. The molecule has 1 atom stereocenters. The molecule has 0 aliphatic rings. The van der Waals surface area contributed by atoms with E-state index in [9.17, 15) is 9.59 Å². The minimum Gasteiger partial charge on any atom is -0.469 e. The molecule has 0 unspecified atom stereocenters. The number of rotatable bonds is 6. The van der Waals surface area contributed by atoms with E-state index in [4.69, 9.17) is 9.47 Å². The monoisotopic (exact) mass is 335 g/mol. The van der Waals surface area contributed by atoms with E-state index in [1.165, 1.54) is 7.11 Å². The summed E-state index contributed by atoms with van der Waals surface area (Å²) in [6.07, 6.45) is -0.283. The van der Waals surface area contributed by atoms with Gasteiger partial charge in [-0.2, -0.15) is 0 Å². The number of hydrogen-bond donors (Lipinski definition) is 0. The van der Waals surface area contributed by atoms with Gasteiger partial charge < -0.3 is 14.4 Å². The highest BCUT2D eigenvalue weighted by atomic mass is 16.6. The Bertz CT molecular complexity index is 534. The molecule has 5 nitrogen and oxygen atoms in total. The van der Waals surface area contributed by atoms with Gasteiger partial charge in [0.25, 0.3) is 0 Å². The van der Waals surface area contributed by atoms with Crippen LogP contribution in [0.5, 0.6) is 0 Å². The summed E-state index contributed by atoms with van der Waals surface area (Å²) in [7, 11) is 1.36. The summed E-state index contributed by atoms with van der Waals surface area (Å²) in [5.74, 6) is -0.254.